The highest BCUT2D eigenvalue weighted by atomic mass is 16.5. The van der Waals surface area contributed by atoms with E-state index in [0.29, 0.717) is 25.1 Å². The second-order valence-electron chi connectivity index (χ2n) is 7.28. The predicted octanol–water partition coefficient (Wildman–Crippen LogP) is 3.29. The zero-order chi connectivity index (χ0) is 19.7. The Hall–Kier alpha value is -2.76. The van der Waals surface area contributed by atoms with Crippen molar-refractivity contribution >= 4 is 11.9 Å². The van der Waals surface area contributed by atoms with Gasteiger partial charge >= 0.3 is 5.97 Å². The topological polar surface area (TPSA) is 71.8 Å². The Kier molecular flexibility index (Phi) is 5.26. The van der Waals surface area contributed by atoms with Crippen LogP contribution in [0.3, 0.4) is 0 Å². The summed E-state index contributed by atoms with van der Waals surface area (Å²) in [5.74, 6) is -0.440. The van der Waals surface area contributed by atoms with E-state index in [1.54, 1.807) is 12.0 Å². The molecule has 1 aromatic carbocycles. The van der Waals surface area contributed by atoms with Crippen LogP contribution in [0.25, 0.3) is 5.69 Å². The first kappa shape index (κ1) is 19.0. The van der Waals surface area contributed by atoms with Crippen LogP contribution >= 0.6 is 0 Å². The third-order valence-electron chi connectivity index (χ3n) is 5.50. The van der Waals surface area contributed by atoms with Gasteiger partial charge in [0.2, 0.25) is 0 Å². The number of carbonyl (C=O) groups is 2. The van der Waals surface area contributed by atoms with Gasteiger partial charge in [-0.15, -0.1) is 0 Å². The summed E-state index contributed by atoms with van der Waals surface area (Å²) in [4.78, 5) is 26.2. The van der Waals surface area contributed by atoms with Crippen LogP contribution in [-0.2, 0) is 4.79 Å². The highest BCUT2D eigenvalue weighted by Gasteiger charge is 2.34. The summed E-state index contributed by atoms with van der Waals surface area (Å²) in [7, 11) is 1.63. The number of aryl methyl sites for hydroxylation is 1. The van der Waals surface area contributed by atoms with E-state index in [4.69, 9.17) is 4.74 Å². The van der Waals surface area contributed by atoms with Gasteiger partial charge in [-0.3, -0.25) is 9.59 Å². The molecule has 6 heteroatoms. The minimum Gasteiger partial charge on any atom is -0.497 e. The third kappa shape index (κ3) is 3.56. The number of aromatic nitrogens is 1. The van der Waals surface area contributed by atoms with Crippen molar-refractivity contribution < 1.29 is 19.4 Å². The largest absolute Gasteiger partial charge is 0.497 e. The van der Waals surface area contributed by atoms with Gasteiger partial charge < -0.3 is 19.3 Å². The number of piperidine rings is 1. The van der Waals surface area contributed by atoms with E-state index in [1.165, 1.54) is 0 Å². The summed E-state index contributed by atoms with van der Waals surface area (Å²) in [6.07, 6.45) is 0.499. The Balaban J connectivity index is 1.85. The summed E-state index contributed by atoms with van der Waals surface area (Å²) in [6, 6.07) is 9.64. The normalized spacial score (nSPS) is 19.8. The number of carboxylic acid groups (broad SMARTS) is 1. The minimum absolute atomic E-state index is 0.0291. The first-order valence-electron chi connectivity index (χ1n) is 9.19. The van der Waals surface area contributed by atoms with E-state index >= 15 is 0 Å². The third-order valence-corrected chi connectivity index (χ3v) is 5.50. The molecule has 0 bridgehead atoms. The molecule has 0 saturated carbocycles. The predicted molar refractivity (Wildman–Crippen MR) is 103 cm³/mol. The number of ether oxygens (including phenoxy) is 1. The number of rotatable bonds is 4. The molecule has 3 rings (SSSR count). The summed E-state index contributed by atoms with van der Waals surface area (Å²) >= 11 is 0. The lowest BCUT2D eigenvalue weighted by Gasteiger charge is -2.35. The second kappa shape index (κ2) is 7.47. The molecule has 2 heterocycles. The molecule has 2 atom stereocenters. The molecule has 2 unspecified atom stereocenters. The Bertz CT molecular complexity index is 854. The zero-order valence-corrected chi connectivity index (χ0v) is 16.2. The van der Waals surface area contributed by atoms with Crippen LogP contribution in [0.15, 0.2) is 30.3 Å². The molecule has 2 aromatic rings. The Labute approximate surface area is 159 Å². The summed E-state index contributed by atoms with van der Waals surface area (Å²) in [6.45, 7) is 6.78. The molecular formula is C21H26N2O4. The molecule has 1 saturated heterocycles. The smallest absolute Gasteiger partial charge is 0.306 e. The number of likely N-dealkylation sites (tertiary alicyclic amines) is 1. The van der Waals surface area contributed by atoms with Gasteiger partial charge in [-0.1, -0.05) is 6.92 Å². The van der Waals surface area contributed by atoms with E-state index in [0.717, 1.165) is 22.8 Å². The SMILES string of the molecule is COc1ccc(-n2c(C)cc(C(=O)N3CCC(C(=O)O)C(C)C3)c2C)cc1. The molecule has 1 amide bonds. The molecule has 1 aliphatic rings. The van der Waals surface area contributed by atoms with Gasteiger partial charge in [-0.2, -0.15) is 0 Å². The van der Waals surface area contributed by atoms with Crippen molar-refractivity contribution in [3.63, 3.8) is 0 Å². The maximum atomic E-state index is 13.1. The quantitative estimate of drug-likeness (QED) is 0.896. The average Bonchev–Trinajstić information content (AvgIpc) is 2.95. The summed E-state index contributed by atoms with van der Waals surface area (Å²) in [5, 5.41) is 9.28. The molecule has 27 heavy (non-hydrogen) atoms. The zero-order valence-electron chi connectivity index (χ0n) is 16.2. The number of carbonyl (C=O) groups excluding carboxylic acids is 1. The fourth-order valence-electron chi connectivity index (χ4n) is 3.98. The molecular weight excluding hydrogens is 344 g/mol. The van der Waals surface area contributed by atoms with Crippen molar-refractivity contribution in [1.82, 2.24) is 9.47 Å². The van der Waals surface area contributed by atoms with Gasteiger partial charge in [0.1, 0.15) is 5.75 Å². The highest BCUT2D eigenvalue weighted by Crippen LogP contribution is 2.28. The van der Waals surface area contributed by atoms with Crippen LogP contribution in [-0.4, -0.2) is 46.6 Å². The van der Waals surface area contributed by atoms with Gasteiger partial charge in [0, 0.05) is 30.2 Å². The van der Waals surface area contributed by atoms with Crippen LogP contribution in [0.2, 0.25) is 0 Å². The first-order chi connectivity index (χ1) is 12.8. The van der Waals surface area contributed by atoms with E-state index in [2.05, 4.69) is 4.57 Å². The van der Waals surface area contributed by atoms with Gasteiger partial charge in [0.15, 0.2) is 0 Å². The molecule has 0 spiro atoms. The van der Waals surface area contributed by atoms with Crippen molar-refractivity contribution in [2.24, 2.45) is 11.8 Å². The van der Waals surface area contributed by atoms with E-state index < -0.39 is 5.97 Å². The van der Waals surface area contributed by atoms with Crippen LogP contribution in [0.4, 0.5) is 0 Å². The van der Waals surface area contributed by atoms with Crippen molar-refractivity contribution in [1.29, 1.82) is 0 Å². The number of methoxy groups -OCH3 is 1. The van der Waals surface area contributed by atoms with Crippen molar-refractivity contribution in [3.05, 3.63) is 47.3 Å². The van der Waals surface area contributed by atoms with Crippen molar-refractivity contribution in [2.45, 2.75) is 27.2 Å². The summed E-state index contributed by atoms with van der Waals surface area (Å²) in [5.41, 5.74) is 3.51. The molecule has 144 valence electrons. The van der Waals surface area contributed by atoms with Crippen LogP contribution in [0.5, 0.6) is 5.75 Å². The summed E-state index contributed by atoms with van der Waals surface area (Å²) < 4.78 is 7.27. The minimum atomic E-state index is -0.771. The van der Waals surface area contributed by atoms with Gasteiger partial charge in [-0.25, -0.2) is 0 Å². The fraction of sp³-hybridized carbons (Fsp3) is 0.429. The Morgan fingerprint density at radius 2 is 1.85 bits per heavy atom. The average molecular weight is 370 g/mol. The van der Waals surface area contributed by atoms with E-state index in [1.807, 2.05) is 51.1 Å². The monoisotopic (exact) mass is 370 g/mol. The fourth-order valence-corrected chi connectivity index (χ4v) is 3.98. The number of carboxylic acids is 1. The molecule has 6 nitrogen and oxygen atoms in total. The molecule has 1 fully saturated rings. The van der Waals surface area contributed by atoms with Crippen LogP contribution in [0.1, 0.15) is 35.1 Å². The number of aliphatic carboxylic acids is 1. The Morgan fingerprint density at radius 1 is 1.19 bits per heavy atom. The Morgan fingerprint density at radius 3 is 2.41 bits per heavy atom. The standard InChI is InChI=1S/C21H26N2O4/c1-13-12-22(10-9-18(13)21(25)26)20(24)19-11-14(2)23(15(19)3)16-5-7-17(27-4)8-6-16/h5-8,11,13,18H,9-10,12H2,1-4H3,(H,25,26). The van der Waals surface area contributed by atoms with E-state index in [9.17, 15) is 14.7 Å². The lowest BCUT2D eigenvalue weighted by Crippen LogP contribution is -2.45. The van der Waals surface area contributed by atoms with Gasteiger partial charge in [0.05, 0.1) is 18.6 Å². The number of amides is 1. The number of hydrogen-bond donors (Lipinski definition) is 1. The number of benzene rings is 1. The number of nitrogens with zero attached hydrogens (tertiary/aromatic N) is 2. The second-order valence-corrected chi connectivity index (χ2v) is 7.28. The van der Waals surface area contributed by atoms with Crippen LogP contribution < -0.4 is 4.74 Å². The van der Waals surface area contributed by atoms with Crippen molar-refractivity contribution in [3.8, 4) is 11.4 Å². The number of hydrogen-bond acceptors (Lipinski definition) is 3. The van der Waals surface area contributed by atoms with E-state index in [-0.39, 0.29) is 17.7 Å². The first-order valence-corrected chi connectivity index (χ1v) is 9.19. The maximum Gasteiger partial charge on any atom is 0.306 e. The molecule has 0 radical (unpaired) electrons. The van der Waals surface area contributed by atoms with Gasteiger partial charge in [-0.05, 0) is 56.5 Å². The van der Waals surface area contributed by atoms with Crippen LogP contribution in [0, 0.1) is 25.7 Å². The maximum absolute atomic E-state index is 13.1. The molecule has 1 aromatic heterocycles. The molecule has 0 aliphatic carbocycles. The van der Waals surface area contributed by atoms with Crippen molar-refractivity contribution in [2.75, 3.05) is 20.2 Å². The lowest BCUT2D eigenvalue weighted by atomic mass is 9.87. The van der Waals surface area contributed by atoms with Gasteiger partial charge in [0.25, 0.3) is 5.91 Å². The lowest BCUT2D eigenvalue weighted by molar-refractivity contribution is -0.145. The highest BCUT2D eigenvalue weighted by molar-refractivity contribution is 5.96. The molecule has 1 N–H and O–H groups in total. The molecule has 1 aliphatic heterocycles.